The van der Waals surface area contributed by atoms with Crippen molar-refractivity contribution in [2.24, 2.45) is 0 Å². The number of carbonyl (C=O) groups is 2. The van der Waals surface area contributed by atoms with E-state index in [9.17, 15) is 22.8 Å². The zero-order valence-corrected chi connectivity index (χ0v) is 21.7. The van der Waals surface area contributed by atoms with Gasteiger partial charge in [-0.25, -0.2) is 9.59 Å². The average Bonchev–Trinajstić information content (AvgIpc) is 2.91. The van der Waals surface area contributed by atoms with Crippen LogP contribution in [0.5, 0.6) is 17.2 Å². The summed E-state index contributed by atoms with van der Waals surface area (Å²) in [6.07, 6.45) is -2.09. The fourth-order valence-corrected chi connectivity index (χ4v) is 3.50. The molecular formula is C29H29F3N2O6. The average molecular weight is 559 g/mol. The van der Waals surface area contributed by atoms with Gasteiger partial charge in [0.2, 0.25) is 0 Å². The van der Waals surface area contributed by atoms with Gasteiger partial charge in [-0.05, 0) is 72.2 Å². The van der Waals surface area contributed by atoms with Crippen LogP contribution in [-0.4, -0.2) is 38.4 Å². The summed E-state index contributed by atoms with van der Waals surface area (Å²) in [5.74, 6) is -0.472. The topological polar surface area (TPSA) is 123 Å². The summed E-state index contributed by atoms with van der Waals surface area (Å²) in [4.78, 5) is 24.7. The Balaban J connectivity index is 1.51. The number of carbonyl (C=O) groups excluding carboxylic acids is 2. The molecule has 4 N–H and O–H groups in total. The van der Waals surface area contributed by atoms with Gasteiger partial charge < -0.3 is 30.4 Å². The van der Waals surface area contributed by atoms with Crippen LogP contribution in [0.15, 0.2) is 66.7 Å². The van der Waals surface area contributed by atoms with E-state index in [2.05, 4.69) is 0 Å². The van der Waals surface area contributed by atoms with Gasteiger partial charge in [0.25, 0.3) is 0 Å². The minimum atomic E-state index is -4.23. The number of anilines is 2. The second-order valence-electron chi connectivity index (χ2n) is 8.60. The van der Waals surface area contributed by atoms with Gasteiger partial charge in [-0.15, -0.1) is 0 Å². The van der Waals surface area contributed by atoms with Gasteiger partial charge in [-0.3, -0.25) is 0 Å². The van der Waals surface area contributed by atoms with E-state index in [1.54, 1.807) is 30.3 Å². The number of ether oxygens (including phenoxy) is 4. The maximum absolute atomic E-state index is 12.6. The normalized spacial score (nSPS) is 11.3. The zero-order chi connectivity index (χ0) is 29.1. The first-order valence-corrected chi connectivity index (χ1v) is 12.2. The Morgan fingerprint density at radius 3 is 2.35 bits per heavy atom. The van der Waals surface area contributed by atoms with Crippen molar-refractivity contribution in [1.82, 2.24) is 0 Å². The molecule has 0 heterocycles. The third-order valence-electron chi connectivity index (χ3n) is 5.55. The first-order chi connectivity index (χ1) is 19.0. The maximum Gasteiger partial charge on any atom is 0.389 e. The molecule has 3 aromatic rings. The second kappa shape index (κ2) is 13.9. The van der Waals surface area contributed by atoms with Crippen molar-refractivity contribution < 1.29 is 41.7 Å². The van der Waals surface area contributed by atoms with Crippen molar-refractivity contribution >= 4 is 29.4 Å². The van der Waals surface area contributed by atoms with E-state index in [1.807, 2.05) is 0 Å². The third kappa shape index (κ3) is 9.57. The van der Waals surface area contributed by atoms with Gasteiger partial charge >= 0.3 is 18.1 Å². The minimum Gasteiger partial charge on any atom is -0.494 e. The molecule has 0 radical (unpaired) electrons. The van der Waals surface area contributed by atoms with Gasteiger partial charge in [0.15, 0.2) is 11.5 Å². The zero-order valence-electron chi connectivity index (χ0n) is 21.7. The van der Waals surface area contributed by atoms with Crippen LogP contribution in [0, 0.1) is 0 Å². The Bertz CT molecular complexity index is 1340. The molecule has 0 saturated heterocycles. The Kier molecular flexibility index (Phi) is 10.4. The Hall–Kier alpha value is -4.67. The van der Waals surface area contributed by atoms with E-state index in [0.717, 1.165) is 5.56 Å². The lowest BCUT2D eigenvalue weighted by atomic mass is 10.1. The maximum atomic E-state index is 12.6. The van der Waals surface area contributed by atoms with Crippen molar-refractivity contribution in [1.29, 1.82) is 0 Å². The van der Waals surface area contributed by atoms with Gasteiger partial charge in [0, 0.05) is 30.3 Å². The lowest BCUT2D eigenvalue weighted by Gasteiger charge is -2.11. The molecule has 0 aromatic heterocycles. The van der Waals surface area contributed by atoms with Crippen LogP contribution in [0.3, 0.4) is 0 Å². The van der Waals surface area contributed by atoms with E-state index in [4.69, 9.17) is 30.4 Å². The van der Waals surface area contributed by atoms with Crippen molar-refractivity contribution in [3.05, 3.63) is 83.4 Å². The quantitative estimate of drug-likeness (QED) is 0.0969. The molecule has 0 bridgehead atoms. The summed E-state index contributed by atoms with van der Waals surface area (Å²) in [7, 11) is 1.41. The first kappa shape index (κ1) is 29.9. The highest BCUT2D eigenvalue weighted by Gasteiger charge is 2.26. The van der Waals surface area contributed by atoms with Crippen LogP contribution in [0.25, 0.3) is 6.08 Å². The van der Waals surface area contributed by atoms with Gasteiger partial charge in [0.05, 0.1) is 25.9 Å². The van der Waals surface area contributed by atoms with Crippen LogP contribution in [-0.2, 0) is 16.0 Å². The molecule has 0 unspecified atom stereocenters. The molecule has 0 amide bonds. The number of esters is 2. The smallest absolute Gasteiger partial charge is 0.389 e. The lowest BCUT2D eigenvalue weighted by molar-refractivity contribution is -0.138. The molecule has 3 rings (SSSR count). The Labute approximate surface area is 229 Å². The summed E-state index contributed by atoms with van der Waals surface area (Å²) in [6, 6.07) is 15.7. The highest BCUT2D eigenvalue weighted by Crippen LogP contribution is 2.30. The second-order valence-corrected chi connectivity index (χ2v) is 8.60. The fourth-order valence-electron chi connectivity index (χ4n) is 3.50. The fraction of sp³-hybridized carbons (Fsp3) is 0.241. The SMILES string of the molecule is COc1cc(C=CC(=O)OCCc2ccc(N)cc2N)ccc1OC(=O)c1ccc(OCCCC(F)(F)F)cc1. The molecule has 0 aliphatic heterocycles. The summed E-state index contributed by atoms with van der Waals surface area (Å²) < 4.78 is 57.9. The van der Waals surface area contributed by atoms with Crippen molar-refractivity contribution in [3.8, 4) is 17.2 Å². The number of nitrogens with two attached hydrogens (primary N) is 2. The van der Waals surface area contributed by atoms with E-state index < -0.39 is 24.5 Å². The number of alkyl halides is 3. The van der Waals surface area contributed by atoms with Crippen LogP contribution >= 0.6 is 0 Å². The molecule has 0 saturated carbocycles. The molecule has 40 heavy (non-hydrogen) atoms. The van der Waals surface area contributed by atoms with Crippen molar-refractivity contribution in [2.45, 2.75) is 25.4 Å². The number of nitrogen functional groups attached to an aromatic ring is 2. The van der Waals surface area contributed by atoms with Crippen LogP contribution in [0.1, 0.15) is 34.3 Å². The molecule has 0 fully saturated rings. The van der Waals surface area contributed by atoms with Gasteiger partial charge in [-0.2, -0.15) is 13.2 Å². The summed E-state index contributed by atoms with van der Waals surface area (Å²) in [6.45, 7) is 0.0401. The van der Waals surface area contributed by atoms with Gasteiger partial charge in [0.1, 0.15) is 5.75 Å². The highest BCUT2D eigenvalue weighted by molar-refractivity contribution is 5.91. The van der Waals surface area contributed by atoms with E-state index in [-0.39, 0.29) is 36.7 Å². The highest BCUT2D eigenvalue weighted by atomic mass is 19.4. The van der Waals surface area contributed by atoms with Crippen LogP contribution < -0.4 is 25.7 Å². The molecule has 8 nitrogen and oxygen atoms in total. The number of halogens is 3. The monoisotopic (exact) mass is 558 g/mol. The summed E-state index contributed by atoms with van der Waals surface area (Å²) in [5.41, 5.74) is 14.3. The van der Waals surface area contributed by atoms with Crippen LogP contribution in [0.4, 0.5) is 24.5 Å². The number of hydrogen-bond acceptors (Lipinski definition) is 8. The number of benzene rings is 3. The number of hydrogen-bond donors (Lipinski definition) is 2. The largest absolute Gasteiger partial charge is 0.494 e. The van der Waals surface area contributed by atoms with Crippen molar-refractivity contribution in [2.75, 3.05) is 31.8 Å². The number of rotatable bonds is 12. The summed E-state index contributed by atoms with van der Waals surface area (Å²) >= 11 is 0. The molecule has 3 aromatic carbocycles. The van der Waals surface area contributed by atoms with E-state index >= 15 is 0 Å². The molecule has 0 aliphatic rings. The molecule has 11 heteroatoms. The Morgan fingerprint density at radius 1 is 0.925 bits per heavy atom. The standard InChI is InChI=1S/C29H29F3N2O6/c1-37-26-17-19(4-12-27(35)39-16-13-20-5-8-22(33)18-24(20)34)3-11-25(26)40-28(36)21-6-9-23(10-7-21)38-15-2-14-29(30,31)32/h3-12,17-18H,2,13-16,33-34H2,1H3. The number of methoxy groups -OCH3 is 1. The first-order valence-electron chi connectivity index (χ1n) is 12.2. The lowest BCUT2D eigenvalue weighted by Crippen LogP contribution is -2.10. The van der Waals surface area contributed by atoms with E-state index in [0.29, 0.717) is 29.1 Å². The molecule has 0 atom stereocenters. The molecule has 0 aliphatic carbocycles. The van der Waals surface area contributed by atoms with Gasteiger partial charge in [-0.1, -0.05) is 12.1 Å². The minimum absolute atomic E-state index is 0.0994. The summed E-state index contributed by atoms with van der Waals surface area (Å²) in [5, 5.41) is 0. The predicted octanol–water partition coefficient (Wildman–Crippen LogP) is 5.60. The third-order valence-corrected chi connectivity index (χ3v) is 5.55. The van der Waals surface area contributed by atoms with Crippen molar-refractivity contribution in [3.63, 3.8) is 0 Å². The molecule has 212 valence electrons. The molecule has 0 spiro atoms. The van der Waals surface area contributed by atoms with E-state index in [1.165, 1.54) is 49.6 Å². The Morgan fingerprint density at radius 2 is 1.68 bits per heavy atom. The predicted molar refractivity (Wildman–Crippen MR) is 144 cm³/mol. The molecular weight excluding hydrogens is 529 g/mol. The van der Waals surface area contributed by atoms with Crippen LogP contribution in [0.2, 0.25) is 0 Å².